The molecule has 2 aliphatic rings. The van der Waals surface area contributed by atoms with Crippen LogP contribution in [0.2, 0.25) is 5.02 Å². The van der Waals surface area contributed by atoms with Gasteiger partial charge >= 0.3 is 0 Å². The quantitative estimate of drug-likeness (QED) is 0.272. The first kappa shape index (κ1) is 24.5. The summed E-state index contributed by atoms with van der Waals surface area (Å²) in [6, 6.07) is 21.4. The topological polar surface area (TPSA) is 12.5 Å². The van der Waals surface area contributed by atoms with Crippen LogP contribution >= 0.6 is 11.6 Å². The normalized spacial score (nSPS) is 21.7. The minimum atomic E-state index is -0.358. The summed E-state index contributed by atoms with van der Waals surface area (Å²) in [6.07, 6.45) is 11.5. The Labute approximate surface area is 214 Å². The first-order valence-electron chi connectivity index (χ1n) is 13.4. The minimum absolute atomic E-state index is 0.136. The zero-order valence-electron chi connectivity index (χ0n) is 20.7. The van der Waals surface area contributed by atoms with E-state index in [1.807, 2.05) is 18.2 Å². The van der Waals surface area contributed by atoms with E-state index in [1.165, 1.54) is 61.6 Å². The van der Waals surface area contributed by atoms with Crippen LogP contribution in [0.4, 0.5) is 4.39 Å². The first-order valence-corrected chi connectivity index (χ1v) is 13.8. The van der Waals surface area contributed by atoms with Gasteiger partial charge in [0.2, 0.25) is 0 Å². The average molecular weight is 491 g/mol. The van der Waals surface area contributed by atoms with Crippen LogP contribution in [0.15, 0.2) is 60.7 Å². The Morgan fingerprint density at radius 1 is 0.857 bits per heavy atom. The summed E-state index contributed by atoms with van der Waals surface area (Å²) >= 11 is 6.35. The van der Waals surface area contributed by atoms with Crippen LogP contribution in [-0.4, -0.2) is 6.61 Å². The van der Waals surface area contributed by atoms with Crippen molar-refractivity contribution in [2.24, 2.45) is 5.92 Å². The lowest BCUT2D eigenvalue weighted by molar-refractivity contribution is 0.304. The number of halogens is 2. The van der Waals surface area contributed by atoms with Crippen molar-refractivity contribution in [1.82, 2.24) is 0 Å². The zero-order valence-corrected chi connectivity index (χ0v) is 21.5. The molecule has 0 amide bonds. The third-order valence-electron chi connectivity index (χ3n) is 8.02. The summed E-state index contributed by atoms with van der Waals surface area (Å²) in [7, 11) is 0. The highest BCUT2D eigenvalue weighted by molar-refractivity contribution is 6.33. The van der Waals surface area contributed by atoms with Crippen molar-refractivity contribution in [2.75, 3.05) is 6.61 Å². The number of rotatable bonds is 9. The van der Waals surface area contributed by atoms with E-state index >= 15 is 0 Å². The Balaban J connectivity index is 1.15. The van der Waals surface area contributed by atoms with Gasteiger partial charge in [0.25, 0.3) is 0 Å². The lowest BCUT2D eigenvalue weighted by Crippen LogP contribution is -2.13. The summed E-state index contributed by atoms with van der Waals surface area (Å²) in [5.74, 6) is 1.35. The van der Waals surface area contributed by atoms with Gasteiger partial charge in [-0.1, -0.05) is 98.5 Å². The van der Waals surface area contributed by atoms with Gasteiger partial charge in [0.05, 0.1) is 11.6 Å². The van der Waals surface area contributed by atoms with Crippen LogP contribution in [0, 0.1) is 11.7 Å². The average Bonchev–Trinajstić information content (AvgIpc) is 3.74. The van der Waals surface area contributed by atoms with E-state index in [1.54, 1.807) is 6.07 Å². The lowest BCUT2D eigenvalue weighted by Gasteiger charge is -2.29. The van der Waals surface area contributed by atoms with Crippen LogP contribution < -0.4 is 0 Å². The molecule has 1 heterocycles. The molecule has 3 aromatic rings. The molecule has 0 spiro atoms. The van der Waals surface area contributed by atoms with Crippen molar-refractivity contribution in [3.8, 4) is 11.1 Å². The lowest BCUT2D eigenvalue weighted by atomic mass is 9.77. The van der Waals surface area contributed by atoms with Gasteiger partial charge < -0.3 is 4.74 Å². The molecule has 0 N–H and O–H groups in total. The molecule has 1 saturated heterocycles. The standard InChI is InChI=1S/C32H36ClFO/c1-2-3-4-22-7-13-25(14-8-22)26-15-9-23(10-16-26)5-6-24-11-17-27(18-12-24)28-19-20-29(30-21-35-30)32(34)31(28)33/h9-12,15-20,22,25,30H,2-8,13-14,21H2,1H3. The van der Waals surface area contributed by atoms with Gasteiger partial charge in [0.1, 0.15) is 11.9 Å². The smallest absolute Gasteiger partial charge is 0.148 e. The van der Waals surface area contributed by atoms with Crippen LogP contribution in [0.5, 0.6) is 0 Å². The van der Waals surface area contributed by atoms with E-state index < -0.39 is 0 Å². The number of epoxide rings is 1. The van der Waals surface area contributed by atoms with Crippen LogP contribution in [-0.2, 0) is 17.6 Å². The molecule has 3 aromatic carbocycles. The van der Waals surface area contributed by atoms with E-state index in [0.29, 0.717) is 12.2 Å². The molecule has 1 aliphatic heterocycles. The van der Waals surface area contributed by atoms with Gasteiger partial charge in [-0.3, -0.25) is 0 Å². The van der Waals surface area contributed by atoms with Gasteiger partial charge in [-0.05, 0) is 72.6 Å². The number of hydrogen-bond acceptors (Lipinski definition) is 1. The van der Waals surface area contributed by atoms with Crippen molar-refractivity contribution in [3.05, 3.63) is 93.8 Å². The summed E-state index contributed by atoms with van der Waals surface area (Å²) in [6.45, 7) is 2.87. The number of aryl methyl sites for hydroxylation is 2. The van der Waals surface area contributed by atoms with Gasteiger partial charge in [-0.25, -0.2) is 4.39 Å². The number of hydrogen-bond donors (Lipinski definition) is 0. The predicted octanol–water partition coefficient (Wildman–Crippen LogP) is 9.47. The predicted molar refractivity (Wildman–Crippen MR) is 144 cm³/mol. The van der Waals surface area contributed by atoms with Gasteiger partial charge in [-0.15, -0.1) is 0 Å². The second kappa shape index (κ2) is 11.3. The van der Waals surface area contributed by atoms with Gasteiger partial charge in [-0.2, -0.15) is 0 Å². The third-order valence-corrected chi connectivity index (χ3v) is 8.39. The number of benzene rings is 3. The monoisotopic (exact) mass is 490 g/mol. The molecule has 1 saturated carbocycles. The molecule has 35 heavy (non-hydrogen) atoms. The highest BCUT2D eigenvalue weighted by Crippen LogP contribution is 2.39. The van der Waals surface area contributed by atoms with E-state index in [0.717, 1.165) is 35.8 Å². The second-order valence-electron chi connectivity index (χ2n) is 10.5. The molecule has 0 radical (unpaired) electrons. The first-order chi connectivity index (χ1) is 17.1. The summed E-state index contributed by atoms with van der Waals surface area (Å²) in [5.41, 5.74) is 6.42. The highest BCUT2D eigenvalue weighted by Gasteiger charge is 2.29. The number of ether oxygens (including phenoxy) is 1. The molecule has 3 heteroatoms. The van der Waals surface area contributed by atoms with Gasteiger partial charge in [0, 0.05) is 11.1 Å². The Bertz CT molecular complexity index is 1110. The van der Waals surface area contributed by atoms with Crippen molar-refractivity contribution in [3.63, 3.8) is 0 Å². The maximum atomic E-state index is 14.6. The van der Waals surface area contributed by atoms with Crippen LogP contribution in [0.25, 0.3) is 11.1 Å². The van der Waals surface area contributed by atoms with Crippen LogP contribution in [0.3, 0.4) is 0 Å². The molecule has 2 fully saturated rings. The highest BCUT2D eigenvalue weighted by atomic mass is 35.5. The van der Waals surface area contributed by atoms with E-state index in [4.69, 9.17) is 16.3 Å². The molecular weight excluding hydrogens is 455 g/mol. The Morgan fingerprint density at radius 3 is 2.09 bits per heavy atom. The molecule has 184 valence electrons. The zero-order chi connectivity index (χ0) is 24.2. The summed E-state index contributed by atoms with van der Waals surface area (Å²) in [4.78, 5) is 0. The maximum absolute atomic E-state index is 14.6. The molecular formula is C32H36ClFO. The van der Waals surface area contributed by atoms with E-state index in [2.05, 4.69) is 43.3 Å². The molecule has 0 bridgehead atoms. The Hall–Kier alpha value is -2.16. The minimum Gasteiger partial charge on any atom is -0.368 e. The third kappa shape index (κ3) is 5.98. The summed E-state index contributed by atoms with van der Waals surface area (Å²) in [5, 5.41) is 0.181. The van der Waals surface area contributed by atoms with Crippen molar-refractivity contribution in [2.45, 2.75) is 76.7 Å². The van der Waals surface area contributed by atoms with Crippen molar-refractivity contribution < 1.29 is 9.13 Å². The fraction of sp³-hybridized carbons (Fsp3) is 0.438. The Morgan fingerprint density at radius 2 is 1.49 bits per heavy atom. The largest absolute Gasteiger partial charge is 0.368 e. The molecule has 1 nitrogen and oxygen atoms in total. The SMILES string of the molecule is CCCCC1CCC(c2ccc(CCc3ccc(-c4ccc(C5CO5)c(F)c4Cl)cc3)cc2)CC1. The fourth-order valence-corrected chi connectivity index (χ4v) is 5.92. The molecule has 1 unspecified atom stereocenters. The fourth-order valence-electron chi connectivity index (χ4n) is 5.64. The molecule has 1 aliphatic carbocycles. The molecule has 1 atom stereocenters. The van der Waals surface area contributed by atoms with E-state index in [-0.39, 0.29) is 16.9 Å². The molecule has 0 aromatic heterocycles. The van der Waals surface area contributed by atoms with Crippen molar-refractivity contribution in [1.29, 1.82) is 0 Å². The van der Waals surface area contributed by atoms with E-state index in [9.17, 15) is 4.39 Å². The second-order valence-corrected chi connectivity index (χ2v) is 10.8. The summed E-state index contributed by atoms with van der Waals surface area (Å²) < 4.78 is 19.8. The van der Waals surface area contributed by atoms with Crippen molar-refractivity contribution >= 4 is 11.6 Å². The number of unbranched alkanes of at least 4 members (excludes halogenated alkanes) is 1. The van der Waals surface area contributed by atoms with Gasteiger partial charge in [0.15, 0.2) is 0 Å². The van der Waals surface area contributed by atoms with Crippen LogP contribution in [0.1, 0.15) is 86.1 Å². The maximum Gasteiger partial charge on any atom is 0.148 e. The molecule has 5 rings (SSSR count). The Kier molecular flexibility index (Phi) is 7.90.